The molecule has 2 rings (SSSR count). The van der Waals surface area contributed by atoms with Crippen LogP contribution in [0.2, 0.25) is 0 Å². The molecule has 106 valence electrons. The predicted octanol–water partition coefficient (Wildman–Crippen LogP) is 4.52. The van der Waals surface area contributed by atoms with Gasteiger partial charge in [-0.25, -0.2) is 0 Å². The van der Waals surface area contributed by atoms with E-state index in [0.717, 1.165) is 11.8 Å². The second-order valence-electron chi connectivity index (χ2n) is 6.40. The van der Waals surface area contributed by atoms with Crippen molar-refractivity contribution in [2.75, 3.05) is 13.1 Å². The molecule has 1 heteroatoms. The highest BCUT2D eigenvalue weighted by atomic mass is 14.9. The molecule has 1 aromatic rings. The molecule has 0 saturated carbocycles. The molecule has 1 unspecified atom stereocenters. The molecule has 0 amide bonds. The number of rotatable bonds is 9. The molecule has 0 saturated heterocycles. The van der Waals surface area contributed by atoms with Gasteiger partial charge in [-0.3, -0.25) is 0 Å². The molecular weight excluding hydrogens is 230 g/mol. The van der Waals surface area contributed by atoms with Gasteiger partial charge < -0.3 is 5.32 Å². The Bertz CT molecular complexity index is 370. The first kappa shape index (κ1) is 14.6. The molecule has 1 nitrogen and oxygen atoms in total. The van der Waals surface area contributed by atoms with E-state index in [1.165, 1.54) is 51.6 Å². The molecular formula is C18H29N. The Balaban J connectivity index is 1.46. The van der Waals surface area contributed by atoms with Gasteiger partial charge in [0.05, 0.1) is 0 Å². The van der Waals surface area contributed by atoms with E-state index in [-0.39, 0.29) is 0 Å². The fraction of sp³-hybridized carbons (Fsp3) is 0.667. The summed E-state index contributed by atoms with van der Waals surface area (Å²) >= 11 is 0. The standard InChI is InChI=1S/C18H29N/c1-15(2)9-5-3-4-8-12-19-14-17-13-16-10-6-7-11-18(16)17/h6-7,10-11,15,17,19H,3-5,8-9,12-14H2,1-2H3. The van der Waals surface area contributed by atoms with E-state index in [4.69, 9.17) is 0 Å². The molecule has 1 aliphatic carbocycles. The van der Waals surface area contributed by atoms with Gasteiger partial charge in [-0.05, 0) is 36.4 Å². The van der Waals surface area contributed by atoms with Crippen LogP contribution in [0.4, 0.5) is 0 Å². The third kappa shape index (κ3) is 4.65. The largest absolute Gasteiger partial charge is 0.316 e. The molecule has 0 aromatic heterocycles. The molecule has 0 aliphatic heterocycles. The summed E-state index contributed by atoms with van der Waals surface area (Å²) in [5.74, 6) is 1.65. The van der Waals surface area contributed by atoms with Crippen molar-refractivity contribution in [3.05, 3.63) is 35.4 Å². The van der Waals surface area contributed by atoms with Gasteiger partial charge in [0.15, 0.2) is 0 Å². The maximum absolute atomic E-state index is 3.63. The van der Waals surface area contributed by atoms with E-state index in [1.54, 1.807) is 11.1 Å². The lowest BCUT2D eigenvalue weighted by atomic mass is 9.77. The predicted molar refractivity (Wildman–Crippen MR) is 83.7 cm³/mol. The summed E-state index contributed by atoms with van der Waals surface area (Å²) in [5, 5.41) is 3.63. The molecule has 0 bridgehead atoms. The zero-order valence-electron chi connectivity index (χ0n) is 12.6. The lowest BCUT2D eigenvalue weighted by molar-refractivity contribution is 0.496. The van der Waals surface area contributed by atoms with Crippen LogP contribution in [0.1, 0.15) is 63.0 Å². The van der Waals surface area contributed by atoms with Crippen molar-refractivity contribution in [2.45, 2.75) is 58.3 Å². The zero-order valence-corrected chi connectivity index (χ0v) is 12.6. The van der Waals surface area contributed by atoms with Crippen LogP contribution in [0.25, 0.3) is 0 Å². The molecule has 1 N–H and O–H groups in total. The molecule has 1 atom stereocenters. The highest BCUT2D eigenvalue weighted by Crippen LogP contribution is 2.33. The van der Waals surface area contributed by atoms with Crippen molar-refractivity contribution in [3.63, 3.8) is 0 Å². The number of nitrogens with one attached hydrogen (secondary N) is 1. The van der Waals surface area contributed by atoms with Crippen LogP contribution in [0.15, 0.2) is 24.3 Å². The van der Waals surface area contributed by atoms with Gasteiger partial charge in [0, 0.05) is 12.5 Å². The Hall–Kier alpha value is -0.820. The summed E-state index contributed by atoms with van der Waals surface area (Å²) in [4.78, 5) is 0. The van der Waals surface area contributed by atoms with Crippen molar-refractivity contribution in [2.24, 2.45) is 5.92 Å². The minimum absolute atomic E-state index is 0.775. The van der Waals surface area contributed by atoms with Crippen molar-refractivity contribution >= 4 is 0 Å². The van der Waals surface area contributed by atoms with Gasteiger partial charge in [0.2, 0.25) is 0 Å². The van der Waals surface area contributed by atoms with E-state index in [1.807, 2.05) is 0 Å². The highest BCUT2D eigenvalue weighted by Gasteiger charge is 2.24. The monoisotopic (exact) mass is 259 g/mol. The smallest absolute Gasteiger partial charge is 0.00234 e. The van der Waals surface area contributed by atoms with Gasteiger partial charge >= 0.3 is 0 Å². The van der Waals surface area contributed by atoms with Crippen molar-refractivity contribution in [3.8, 4) is 0 Å². The second kappa shape index (κ2) is 7.69. The van der Waals surface area contributed by atoms with Crippen LogP contribution in [-0.2, 0) is 6.42 Å². The molecule has 1 aromatic carbocycles. The first-order valence-corrected chi connectivity index (χ1v) is 8.06. The SMILES string of the molecule is CC(C)CCCCCCNCC1Cc2ccccc21. The first-order chi connectivity index (χ1) is 9.27. The van der Waals surface area contributed by atoms with Crippen molar-refractivity contribution < 1.29 is 0 Å². The van der Waals surface area contributed by atoms with E-state index in [0.29, 0.717) is 0 Å². The first-order valence-electron chi connectivity index (χ1n) is 8.06. The van der Waals surface area contributed by atoms with Crippen molar-refractivity contribution in [1.29, 1.82) is 0 Å². The molecule has 0 heterocycles. The maximum atomic E-state index is 3.63. The Morgan fingerprint density at radius 3 is 2.68 bits per heavy atom. The molecule has 0 spiro atoms. The van der Waals surface area contributed by atoms with Crippen LogP contribution in [0.5, 0.6) is 0 Å². The van der Waals surface area contributed by atoms with Gasteiger partial charge in [-0.1, -0.05) is 63.8 Å². The van der Waals surface area contributed by atoms with Crippen LogP contribution < -0.4 is 5.32 Å². The summed E-state index contributed by atoms with van der Waals surface area (Å²) < 4.78 is 0. The zero-order chi connectivity index (χ0) is 13.5. The Morgan fingerprint density at radius 1 is 1.11 bits per heavy atom. The lowest BCUT2D eigenvalue weighted by Gasteiger charge is -2.30. The summed E-state index contributed by atoms with van der Waals surface area (Å²) in [6.07, 6.45) is 8.22. The average Bonchev–Trinajstić information content (AvgIpc) is 2.37. The second-order valence-corrected chi connectivity index (χ2v) is 6.40. The fourth-order valence-corrected chi connectivity index (χ4v) is 2.98. The van der Waals surface area contributed by atoms with E-state index >= 15 is 0 Å². The van der Waals surface area contributed by atoms with Gasteiger partial charge in [-0.2, -0.15) is 0 Å². The third-order valence-electron chi connectivity index (χ3n) is 4.24. The van der Waals surface area contributed by atoms with Gasteiger partial charge in [-0.15, -0.1) is 0 Å². The highest BCUT2D eigenvalue weighted by molar-refractivity contribution is 5.40. The molecule has 0 fully saturated rings. The van der Waals surface area contributed by atoms with Crippen LogP contribution >= 0.6 is 0 Å². The summed E-state index contributed by atoms with van der Waals surface area (Å²) in [6.45, 7) is 7.00. The van der Waals surface area contributed by atoms with E-state index in [9.17, 15) is 0 Å². The average molecular weight is 259 g/mol. The number of hydrogen-bond acceptors (Lipinski definition) is 1. The van der Waals surface area contributed by atoms with E-state index in [2.05, 4.69) is 43.4 Å². The number of unbranched alkanes of at least 4 members (excludes halogenated alkanes) is 3. The molecule has 1 aliphatic rings. The minimum Gasteiger partial charge on any atom is -0.316 e. The number of hydrogen-bond donors (Lipinski definition) is 1. The lowest BCUT2D eigenvalue weighted by Crippen LogP contribution is -2.29. The quantitative estimate of drug-likeness (QED) is 0.643. The summed E-state index contributed by atoms with van der Waals surface area (Å²) in [7, 11) is 0. The van der Waals surface area contributed by atoms with Gasteiger partial charge in [0.25, 0.3) is 0 Å². The van der Waals surface area contributed by atoms with E-state index < -0.39 is 0 Å². The van der Waals surface area contributed by atoms with Gasteiger partial charge in [0.1, 0.15) is 0 Å². The number of fused-ring (bicyclic) bond motifs is 1. The molecule has 19 heavy (non-hydrogen) atoms. The maximum Gasteiger partial charge on any atom is 0.00234 e. The third-order valence-corrected chi connectivity index (χ3v) is 4.24. The Kier molecular flexibility index (Phi) is 5.91. The molecule has 0 radical (unpaired) electrons. The van der Waals surface area contributed by atoms with Crippen LogP contribution in [0, 0.1) is 5.92 Å². The fourth-order valence-electron chi connectivity index (χ4n) is 2.98. The van der Waals surface area contributed by atoms with Crippen LogP contribution in [0.3, 0.4) is 0 Å². The Morgan fingerprint density at radius 2 is 1.89 bits per heavy atom. The normalized spacial score (nSPS) is 17.3. The summed E-state index contributed by atoms with van der Waals surface area (Å²) in [6, 6.07) is 8.87. The minimum atomic E-state index is 0.775. The van der Waals surface area contributed by atoms with Crippen LogP contribution in [-0.4, -0.2) is 13.1 Å². The summed E-state index contributed by atoms with van der Waals surface area (Å²) in [5.41, 5.74) is 3.13. The number of benzene rings is 1. The Labute approximate surface area is 118 Å². The topological polar surface area (TPSA) is 12.0 Å². The van der Waals surface area contributed by atoms with Crippen molar-refractivity contribution in [1.82, 2.24) is 5.32 Å².